The van der Waals surface area contributed by atoms with E-state index in [2.05, 4.69) is 58.2 Å². The molecule has 0 radical (unpaired) electrons. The monoisotopic (exact) mass is 400 g/mol. The van der Waals surface area contributed by atoms with Crippen LogP contribution in [0.1, 0.15) is 18.1 Å². The quantitative estimate of drug-likeness (QED) is 0.634. The summed E-state index contributed by atoms with van der Waals surface area (Å²) in [5.41, 5.74) is 4.64. The minimum Gasteiger partial charge on any atom is -0.341 e. The van der Waals surface area contributed by atoms with Crippen LogP contribution in [0.25, 0.3) is 11.1 Å². The summed E-state index contributed by atoms with van der Waals surface area (Å²) in [6.07, 6.45) is 8.13. The average molecular weight is 401 g/mol. The summed E-state index contributed by atoms with van der Waals surface area (Å²) in [6, 6.07) is 16.6. The van der Waals surface area contributed by atoms with Crippen LogP contribution in [0.5, 0.6) is 0 Å². The Morgan fingerprint density at radius 1 is 0.900 bits per heavy atom. The van der Waals surface area contributed by atoms with Crippen molar-refractivity contribution in [3.8, 4) is 11.1 Å². The molecule has 1 aliphatic heterocycles. The number of pyridine rings is 2. The molecule has 3 aromatic rings. The van der Waals surface area contributed by atoms with Crippen molar-refractivity contribution in [1.82, 2.24) is 19.8 Å². The van der Waals surface area contributed by atoms with Crippen molar-refractivity contribution < 1.29 is 4.79 Å². The maximum absolute atomic E-state index is 13.1. The number of nitrogens with zero attached hydrogens (tertiary/aromatic N) is 4. The summed E-state index contributed by atoms with van der Waals surface area (Å²) >= 11 is 0. The van der Waals surface area contributed by atoms with E-state index in [1.807, 2.05) is 29.4 Å². The normalized spacial score (nSPS) is 17.7. The van der Waals surface area contributed by atoms with Gasteiger partial charge in [0.2, 0.25) is 5.91 Å². The van der Waals surface area contributed by atoms with E-state index in [0.29, 0.717) is 0 Å². The first kappa shape index (κ1) is 20.2. The van der Waals surface area contributed by atoms with Crippen LogP contribution in [0, 0.1) is 5.92 Å². The lowest BCUT2D eigenvalue weighted by atomic mass is 9.96. The highest BCUT2D eigenvalue weighted by Gasteiger charge is 2.29. The zero-order valence-corrected chi connectivity index (χ0v) is 17.4. The third-order valence-electron chi connectivity index (χ3n) is 5.77. The Hall–Kier alpha value is -3.05. The van der Waals surface area contributed by atoms with Crippen LogP contribution >= 0.6 is 0 Å². The van der Waals surface area contributed by atoms with Crippen molar-refractivity contribution in [3.05, 3.63) is 84.4 Å². The SMILES string of the molecule is CCN1CCN(Cc2cccnc2)C[C@@H](Cc2ccc(-c3cccnc3)cc2)C1=O. The molecule has 1 fully saturated rings. The number of likely N-dealkylation sites (N-methyl/N-ethyl adjacent to an activating group) is 1. The van der Waals surface area contributed by atoms with Crippen LogP contribution < -0.4 is 0 Å². The molecule has 1 aliphatic rings. The van der Waals surface area contributed by atoms with Crippen molar-refractivity contribution >= 4 is 5.91 Å². The second-order valence-corrected chi connectivity index (χ2v) is 7.85. The van der Waals surface area contributed by atoms with Gasteiger partial charge in [-0.15, -0.1) is 0 Å². The van der Waals surface area contributed by atoms with Crippen molar-refractivity contribution in [1.29, 1.82) is 0 Å². The zero-order valence-electron chi connectivity index (χ0n) is 17.4. The molecule has 0 spiro atoms. The van der Waals surface area contributed by atoms with E-state index < -0.39 is 0 Å². The molecule has 4 rings (SSSR count). The van der Waals surface area contributed by atoms with Crippen molar-refractivity contribution in [2.24, 2.45) is 5.92 Å². The lowest BCUT2D eigenvalue weighted by molar-refractivity contribution is -0.134. The molecule has 30 heavy (non-hydrogen) atoms. The molecule has 0 saturated carbocycles. The van der Waals surface area contributed by atoms with Gasteiger partial charge >= 0.3 is 0 Å². The molecular formula is C25H28N4O. The minimum absolute atomic E-state index is 0.0339. The van der Waals surface area contributed by atoms with Crippen LogP contribution in [0.2, 0.25) is 0 Å². The first-order chi connectivity index (χ1) is 14.7. The Bertz CT molecular complexity index is 944. The molecule has 5 nitrogen and oxygen atoms in total. The molecule has 3 heterocycles. The Kier molecular flexibility index (Phi) is 6.50. The van der Waals surface area contributed by atoms with E-state index >= 15 is 0 Å². The first-order valence-electron chi connectivity index (χ1n) is 10.6. The van der Waals surface area contributed by atoms with Gasteiger partial charge in [0.05, 0.1) is 5.92 Å². The number of aromatic nitrogens is 2. The van der Waals surface area contributed by atoms with E-state index in [4.69, 9.17) is 0 Å². The Labute approximate surface area is 178 Å². The van der Waals surface area contributed by atoms with Gasteiger partial charge in [-0.2, -0.15) is 0 Å². The number of amides is 1. The van der Waals surface area contributed by atoms with E-state index in [9.17, 15) is 4.79 Å². The number of rotatable bonds is 6. The Morgan fingerprint density at radius 3 is 2.33 bits per heavy atom. The summed E-state index contributed by atoms with van der Waals surface area (Å²) in [5, 5.41) is 0. The number of hydrogen-bond donors (Lipinski definition) is 0. The second-order valence-electron chi connectivity index (χ2n) is 7.85. The molecule has 5 heteroatoms. The van der Waals surface area contributed by atoms with Crippen molar-refractivity contribution in [2.45, 2.75) is 19.9 Å². The highest BCUT2D eigenvalue weighted by molar-refractivity contribution is 5.79. The fourth-order valence-electron chi connectivity index (χ4n) is 4.12. The largest absolute Gasteiger partial charge is 0.341 e. The first-order valence-corrected chi connectivity index (χ1v) is 10.6. The van der Waals surface area contributed by atoms with Crippen molar-refractivity contribution in [2.75, 3.05) is 26.2 Å². The smallest absolute Gasteiger partial charge is 0.227 e. The summed E-state index contributed by atoms with van der Waals surface area (Å²) in [6.45, 7) is 6.10. The van der Waals surface area contributed by atoms with Gasteiger partial charge in [-0.05, 0) is 47.7 Å². The highest BCUT2D eigenvalue weighted by Crippen LogP contribution is 2.22. The predicted molar refractivity (Wildman–Crippen MR) is 119 cm³/mol. The van der Waals surface area contributed by atoms with Gasteiger partial charge in [-0.1, -0.05) is 36.4 Å². The molecular weight excluding hydrogens is 372 g/mol. The topological polar surface area (TPSA) is 49.3 Å². The summed E-state index contributed by atoms with van der Waals surface area (Å²) in [5.74, 6) is 0.232. The van der Waals surface area contributed by atoms with Gasteiger partial charge in [-0.25, -0.2) is 0 Å². The van der Waals surface area contributed by atoms with Gasteiger partial charge in [-0.3, -0.25) is 19.7 Å². The molecule has 154 valence electrons. The van der Waals surface area contributed by atoms with Crippen LogP contribution in [0.3, 0.4) is 0 Å². The zero-order chi connectivity index (χ0) is 20.8. The molecule has 1 amide bonds. The number of carbonyl (C=O) groups is 1. The molecule has 0 unspecified atom stereocenters. The molecule has 1 atom stereocenters. The van der Waals surface area contributed by atoms with Gasteiger partial charge in [0.25, 0.3) is 0 Å². The maximum Gasteiger partial charge on any atom is 0.227 e. The molecule has 0 N–H and O–H groups in total. The fourth-order valence-corrected chi connectivity index (χ4v) is 4.12. The fraction of sp³-hybridized carbons (Fsp3) is 0.320. The van der Waals surface area contributed by atoms with Gasteiger partial charge < -0.3 is 4.90 Å². The molecule has 2 aromatic heterocycles. The minimum atomic E-state index is -0.0339. The highest BCUT2D eigenvalue weighted by atomic mass is 16.2. The Balaban J connectivity index is 1.49. The van der Waals surface area contributed by atoms with E-state index in [0.717, 1.165) is 50.3 Å². The number of hydrogen-bond acceptors (Lipinski definition) is 4. The molecule has 1 saturated heterocycles. The van der Waals surface area contributed by atoms with E-state index in [1.54, 1.807) is 12.4 Å². The maximum atomic E-state index is 13.1. The summed E-state index contributed by atoms with van der Waals surface area (Å²) in [4.78, 5) is 26.0. The van der Waals surface area contributed by atoms with Crippen molar-refractivity contribution in [3.63, 3.8) is 0 Å². The van der Waals surface area contributed by atoms with Crippen LogP contribution in [0.15, 0.2) is 73.3 Å². The lowest BCUT2D eigenvalue weighted by Crippen LogP contribution is -2.37. The Morgan fingerprint density at radius 2 is 1.67 bits per heavy atom. The summed E-state index contributed by atoms with van der Waals surface area (Å²) < 4.78 is 0. The average Bonchev–Trinajstić information content (AvgIpc) is 2.94. The third-order valence-corrected chi connectivity index (χ3v) is 5.77. The van der Waals surface area contributed by atoms with Gasteiger partial charge in [0.1, 0.15) is 0 Å². The van der Waals surface area contributed by atoms with Gasteiger partial charge in [0.15, 0.2) is 0 Å². The van der Waals surface area contributed by atoms with Crippen LogP contribution in [0.4, 0.5) is 0 Å². The van der Waals surface area contributed by atoms with E-state index in [1.165, 1.54) is 11.1 Å². The third kappa shape index (κ3) is 4.92. The van der Waals surface area contributed by atoms with E-state index in [-0.39, 0.29) is 11.8 Å². The summed E-state index contributed by atoms with van der Waals surface area (Å²) in [7, 11) is 0. The number of carbonyl (C=O) groups excluding carboxylic acids is 1. The molecule has 1 aromatic carbocycles. The lowest BCUT2D eigenvalue weighted by Gasteiger charge is -2.23. The second kappa shape index (κ2) is 9.63. The standard InChI is InChI=1S/C25H28N4O/c1-2-29-14-13-28(18-21-5-3-11-26-16-21)19-24(25(29)30)15-20-7-9-22(10-8-20)23-6-4-12-27-17-23/h3-12,16-17,24H,2,13-15,18-19H2,1H3/t24-/m1/s1. The predicted octanol–water partition coefficient (Wildman–Crippen LogP) is 3.67. The van der Waals surface area contributed by atoms with Crippen LogP contribution in [-0.2, 0) is 17.8 Å². The van der Waals surface area contributed by atoms with Gasteiger partial charge in [0, 0.05) is 57.5 Å². The molecule has 0 aliphatic carbocycles. The molecule has 0 bridgehead atoms. The number of benzene rings is 1. The van der Waals surface area contributed by atoms with Crippen LogP contribution in [-0.4, -0.2) is 51.9 Å².